The molecule has 0 radical (unpaired) electrons. The van der Waals surface area contributed by atoms with Crippen LogP contribution >= 0.6 is 0 Å². The summed E-state index contributed by atoms with van der Waals surface area (Å²) in [5, 5.41) is 10.6. The SMILES string of the molecule is CCN(C(=O)OC(C)(C)C)C1CC[C@H](OC)Cn2c1nc(C(=O)CCc1ccc(F)cc1)c(O)c2=O. The first-order chi connectivity index (χ1) is 16.9. The van der Waals surface area contributed by atoms with Gasteiger partial charge in [-0.3, -0.25) is 19.1 Å². The Bertz CT molecular complexity index is 1160. The highest BCUT2D eigenvalue weighted by Crippen LogP contribution is 2.31. The third kappa shape index (κ3) is 6.29. The second-order valence-electron chi connectivity index (χ2n) is 9.85. The van der Waals surface area contributed by atoms with Gasteiger partial charge in [-0.1, -0.05) is 12.1 Å². The Morgan fingerprint density at radius 1 is 1.22 bits per heavy atom. The summed E-state index contributed by atoms with van der Waals surface area (Å²) in [7, 11) is 1.53. The number of hydrogen-bond acceptors (Lipinski definition) is 7. The Morgan fingerprint density at radius 3 is 2.47 bits per heavy atom. The topological polar surface area (TPSA) is 111 Å². The second kappa shape index (κ2) is 11.2. The van der Waals surface area contributed by atoms with Crippen LogP contribution in [-0.4, -0.2) is 56.8 Å². The fourth-order valence-corrected chi connectivity index (χ4v) is 4.27. The number of carbonyl (C=O) groups excluding carboxylic acids is 2. The number of Topliss-reactive ketones (excluding diaryl/α,β-unsaturated/α-hetero) is 1. The second-order valence-corrected chi connectivity index (χ2v) is 9.85. The minimum Gasteiger partial charge on any atom is -0.501 e. The Labute approximate surface area is 209 Å². The van der Waals surface area contributed by atoms with Gasteiger partial charge in [0.05, 0.1) is 18.7 Å². The van der Waals surface area contributed by atoms with Gasteiger partial charge in [-0.25, -0.2) is 14.2 Å². The van der Waals surface area contributed by atoms with Crippen molar-refractivity contribution in [2.45, 2.75) is 77.7 Å². The molecule has 2 atom stereocenters. The molecule has 1 aromatic carbocycles. The smallest absolute Gasteiger partial charge is 0.410 e. The van der Waals surface area contributed by atoms with Crippen LogP contribution in [0.2, 0.25) is 0 Å². The summed E-state index contributed by atoms with van der Waals surface area (Å²) in [4.78, 5) is 45.2. The number of hydrogen-bond donors (Lipinski definition) is 1. The number of aromatic nitrogens is 2. The molecule has 1 aliphatic heterocycles. The Balaban J connectivity index is 2.01. The van der Waals surface area contributed by atoms with E-state index in [0.29, 0.717) is 12.8 Å². The lowest BCUT2D eigenvalue weighted by Gasteiger charge is -2.32. The largest absolute Gasteiger partial charge is 0.501 e. The van der Waals surface area contributed by atoms with E-state index in [4.69, 9.17) is 9.47 Å². The zero-order valence-corrected chi connectivity index (χ0v) is 21.4. The average Bonchev–Trinajstić information content (AvgIpc) is 3.00. The van der Waals surface area contributed by atoms with Crippen molar-refractivity contribution in [3.63, 3.8) is 0 Å². The first-order valence-electron chi connectivity index (χ1n) is 12.1. The van der Waals surface area contributed by atoms with Gasteiger partial charge >= 0.3 is 6.09 Å². The fourth-order valence-electron chi connectivity index (χ4n) is 4.27. The number of aryl methyl sites for hydroxylation is 1. The molecule has 0 fully saturated rings. The summed E-state index contributed by atoms with van der Waals surface area (Å²) in [5.74, 6) is -1.44. The summed E-state index contributed by atoms with van der Waals surface area (Å²) in [6, 6.07) is 5.08. The lowest BCUT2D eigenvalue weighted by molar-refractivity contribution is 0.0139. The molecule has 0 bridgehead atoms. The van der Waals surface area contributed by atoms with E-state index >= 15 is 0 Å². The van der Waals surface area contributed by atoms with Gasteiger partial charge in [-0.05, 0) is 64.7 Å². The molecule has 2 heterocycles. The summed E-state index contributed by atoms with van der Waals surface area (Å²) >= 11 is 0. The van der Waals surface area contributed by atoms with Crippen LogP contribution in [0.3, 0.4) is 0 Å². The number of halogens is 1. The van der Waals surface area contributed by atoms with Crippen molar-refractivity contribution in [2.24, 2.45) is 0 Å². The number of fused-ring (bicyclic) bond motifs is 1. The van der Waals surface area contributed by atoms with Crippen molar-refractivity contribution >= 4 is 11.9 Å². The monoisotopic (exact) mass is 503 g/mol. The minimum absolute atomic E-state index is 0.0377. The maximum Gasteiger partial charge on any atom is 0.410 e. The maximum absolute atomic E-state index is 13.2. The summed E-state index contributed by atoms with van der Waals surface area (Å²) in [5.41, 5.74) is -1.10. The molecule has 36 heavy (non-hydrogen) atoms. The molecular formula is C26H34FN3O6. The zero-order valence-electron chi connectivity index (χ0n) is 21.4. The predicted octanol–water partition coefficient (Wildman–Crippen LogP) is 4.01. The molecule has 9 nitrogen and oxygen atoms in total. The normalized spacial score (nSPS) is 17.7. The van der Waals surface area contributed by atoms with Crippen molar-refractivity contribution < 1.29 is 28.6 Å². The number of rotatable bonds is 7. The van der Waals surface area contributed by atoms with Gasteiger partial charge in [0, 0.05) is 20.1 Å². The Hall–Kier alpha value is -3.27. The zero-order chi connectivity index (χ0) is 26.6. The lowest BCUT2D eigenvalue weighted by Crippen LogP contribution is -2.41. The number of methoxy groups -OCH3 is 1. The van der Waals surface area contributed by atoms with Crippen LogP contribution in [0.5, 0.6) is 5.75 Å². The van der Waals surface area contributed by atoms with E-state index in [1.165, 1.54) is 28.7 Å². The molecule has 0 saturated carbocycles. The molecule has 1 unspecified atom stereocenters. The molecule has 1 aliphatic rings. The van der Waals surface area contributed by atoms with Gasteiger partial charge in [-0.15, -0.1) is 0 Å². The van der Waals surface area contributed by atoms with Crippen LogP contribution in [0.25, 0.3) is 0 Å². The molecule has 1 amide bonds. The molecule has 10 heteroatoms. The molecule has 2 aromatic rings. The van der Waals surface area contributed by atoms with Crippen LogP contribution in [-0.2, 0) is 22.4 Å². The van der Waals surface area contributed by atoms with Gasteiger partial charge < -0.3 is 14.6 Å². The minimum atomic E-state index is -0.765. The number of nitrogens with zero attached hydrogens (tertiary/aromatic N) is 3. The van der Waals surface area contributed by atoms with Crippen LogP contribution in [0.1, 0.15) is 74.9 Å². The highest BCUT2D eigenvalue weighted by molar-refractivity contribution is 5.96. The number of aromatic hydroxyl groups is 1. The van der Waals surface area contributed by atoms with Crippen LogP contribution in [0.4, 0.5) is 9.18 Å². The molecule has 1 aromatic heterocycles. The van der Waals surface area contributed by atoms with Crippen molar-refractivity contribution in [3.05, 3.63) is 57.5 Å². The molecule has 1 N–H and O–H groups in total. The fraction of sp³-hybridized carbons (Fsp3) is 0.538. The van der Waals surface area contributed by atoms with E-state index in [9.17, 15) is 23.9 Å². The quantitative estimate of drug-likeness (QED) is 0.568. The molecule has 196 valence electrons. The van der Waals surface area contributed by atoms with E-state index < -0.39 is 34.8 Å². The van der Waals surface area contributed by atoms with Crippen LogP contribution in [0, 0.1) is 5.82 Å². The third-order valence-electron chi connectivity index (χ3n) is 6.12. The number of ether oxygens (including phenoxy) is 2. The molecular weight excluding hydrogens is 469 g/mol. The Kier molecular flexibility index (Phi) is 8.50. The van der Waals surface area contributed by atoms with Crippen LogP contribution < -0.4 is 5.56 Å². The molecule has 3 rings (SSSR count). The van der Waals surface area contributed by atoms with Gasteiger partial charge in [0.25, 0.3) is 5.56 Å². The van der Waals surface area contributed by atoms with Crippen molar-refractivity contribution in [2.75, 3.05) is 13.7 Å². The van der Waals surface area contributed by atoms with Crippen molar-refractivity contribution in [1.29, 1.82) is 0 Å². The predicted molar refractivity (Wildman–Crippen MR) is 131 cm³/mol. The van der Waals surface area contributed by atoms with Crippen LogP contribution in [0.15, 0.2) is 29.1 Å². The first-order valence-corrected chi connectivity index (χ1v) is 12.1. The van der Waals surface area contributed by atoms with Crippen molar-refractivity contribution in [1.82, 2.24) is 14.5 Å². The number of ketones is 1. The molecule has 0 aliphatic carbocycles. The van der Waals surface area contributed by atoms with Gasteiger partial charge in [0.2, 0.25) is 5.75 Å². The van der Waals surface area contributed by atoms with Crippen molar-refractivity contribution in [3.8, 4) is 5.75 Å². The van der Waals surface area contributed by atoms with E-state index in [1.807, 2.05) is 0 Å². The molecule has 0 saturated heterocycles. The highest BCUT2D eigenvalue weighted by Gasteiger charge is 2.36. The van der Waals surface area contributed by atoms with E-state index in [1.54, 1.807) is 39.8 Å². The summed E-state index contributed by atoms with van der Waals surface area (Å²) in [6.07, 6.45) is 0.287. The lowest BCUT2D eigenvalue weighted by atomic mass is 10.0. The molecule has 0 spiro atoms. The highest BCUT2D eigenvalue weighted by atomic mass is 19.1. The first kappa shape index (κ1) is 27.3. The summed E-state index contributed by atoms with van der Waals surface area (Å²) < 4.78 is 25.5. The number of carbonyl (C=O) groups is 2. The average molecular weight is 504 g/mol. The van der Waals surface area contributed by atoms with E-state index in [0.717, 1.165) is 5.56 Å². The summed E-state index contributed by atoms with van der Waals surface area (Å²) in [6.45, 7) is 7.48. The van der Waals surface area contributed by atoms with Gasteiger partial charge in [0.1, 0.15) is 17.2 Å². The maximum atomic E-state index is 13.2. The third-order valence-corrected chi connectivity index (χ3v) is 6.12. The van der Waals surface area contributed by atoms with E-state index in [-0.39, 0.29) is 49.4 Å². The Morgan fingerprint density at radius 2 is 1.89 bits per heavy atom. The number of benzene rings is 1. The van der Waals surface area contributed by atoms with E-state index in [2.05, 4.69) is 4.98 Å². The standard InChI is InChI=1S/C26H34FN3O6/c1-6-29(25(34)36-26(2,3)4)19-13-12-18(35-5)15-30-23(19)28-21(22(32)24(30)33)20(31)14-9-16-7-10-17(27)11-8-16/h7-8,10-11,18-19,32H,6,9,12-15H2,1-5H3/t18-,19?/m0/s1. The van der Waals surface area contributed by atoms with Gasteiger partial charge in [-0.2, -0.15) is 0 Å². The number of amides is 1. The van der Waals surface area contributed by atoms with Gasteiger partial charge in [0.15, 0.2) is 11.5 Å².